The Hall–Kier alpha value is -3.67. The first kappa shape index (κ1) is 24.0. The number of rotatable bonds is 5. The summed E-state index contributed by atoms with van der Waals surface area (Å²) < 4.78 is 43.6. The highest BCUT2D eigenvalue weighted by molar-refractivity contribution is 7.89. The molecule has 9 nitrogen and oxygen atoms in total. The molecule has 1 aliphatic heterocycles. The summed E-state index contributed by atoms with van der Waals surface area (Å²) in [5.41, 5.74) is 7.79. The molecule has 0 radical (unpaired) electrons. The molecule has 0 saturated carbocycles. The monoisotopic (exact) mass is 508 g/mol. The largest absolute Gasteiger partial charge is 0.328 e. The van der Waals surface area contributed by atoms with E-state index in [9.17, 15) is 17.6 Å². The van der Waals surface area contributed by atoms with Gasteiger partial charge in [-0.1, -0.05) is 12.1 Å². The standard InChI is InChI=1S/C25H25FN6O3S/c1-31-15-20(14-29-31)16-2-3-18-13-28-24(12-19(18)10-16)30-25(33)17-4-5-22(26)23(11-17)36(34,35)32-8-6-21(27)7-9-32/h2-5,10-15,21H,6-9,27H2,1H3,(H,28,30,33). The number of sulfonamides is 1. The van der Waals surface area contributed by atoms with E-state index in [1.165, 1.54) is 10.4 Å². The van der Waals surface area contributed by atoms with Crippen molar-refractivity contribution in [2.24, 2.45) is 12.8 Å². The van der Waals surface area contributed by atoms with Crippen LogP contribution in [0.2, 0.25) is 0 Å². The van der Waals surface area contributed by atoms with Gasteiger partial charge in [-0.15, -0.1) is 0 Å². The molecule has 0 aliphatic carbocycles. The van der Waals surface area contributed by atoms with Crippen molar-refractivity contribution in [3.63, 3.8) is 0 Å². The minimum Gasteiger partial charge on any atom is -0.328 e. The highest BCUT2D eigenvalue weighted by atomic mass is 32.2. The molecule has 4 aromatic rings. The van der Waals surface area contributed by atoms with Gasteiger partial charge in [-0.05, 0) is 54.1 Å². The molecule has 3 heterocycles. The number of nitrogens with two attached hydrogens (primary N) is 1. The maximum Gasteiger partial charge on any atom is 0.256 e. The number of hydrogen-bond donors (Lipinski definition) is 2. The summed E-state index contributed by atoms with van der Waals surface area (Å²) in [5.74, 6) is -1.22. The molecule has 36 heavy (non-hydrogen) atoms. The quantitative estimate of drug-likeness (QED) is 0.427. The summed E-state index contributed by atoms with van der Waals surface area (Å²) in [6.07, 6.45) is 6.31. The van der Waals surface area contributed by atoms with Crippen LogP contribution in [0.15, 0.2) is 66.0 Å². The maximum atomic E-state index is 14.6. The van der Waals surface area contributed by atoms with E-state index in [2.05, 4.69) is 15.4 Å². The third kappa shape index (κ3) is 4.72. The zero-order valence-electron chi connectivity index (χ0n) is 19.6. The fraction of sp³-hybridized carbons (Fsp3) is 0.240. The van der Waals surface area contributed by atoms with Crippen molar-refractivity contribution in [1.29, 1.82) is 0 Å². The minimum atomic E-state index is -4.10. The van der Waals surface area contributed by atoms with E-state index < -0.39 is 26.6 Å². The number of hydrogen-bond acceptors (Lipinski definition) is 6. The summed E-state index contributed by atoms with van der Waals surface area (Å²) in [7, 11) is -2.26. The van der Waals surface area contributed by atoms with E-state index in [0.29, 0.717) is 12.8 Å². The zero-order valence-corrected chi connectivity index (χ0v) is 20.4. The summed E-state index contributed by atoms with van der Waals surface area (Å²) in [6.45, 7) is 0.419. The van der Waals surface area contributed by atoms with Gasteiger partial charge in [0.15, 0.2) is 0 Å². The number of aromatic nitrogens is 3. The van der Waals surface area contributed by atoms with Crippen molar-refractivity contribution in [2.45, 2.75) is 23.8 Å². The lowest BCUT2D eigenvalue weighted by molar-refractivity contribution is 0.102. The summed E-state index contributed by atoms with van der Waals surface area (Å²) in [6, 6.07) is 10.8. The van der Waals surface area contributed by atoms with Crippen LogP contribution in [0.3, 0.4) is 0 Å². The number of nitrogens with one attached hydrogen (secondary N) is 1. The first-order valence-corrected chi connectivity index (χ1v) is 12.9. The molecule has 3 N–H and O–H groups in total. The number of halogens is 1. The van der Waals surface area contributed by atoms with Crippen LogP contribution >= 0.6 is 0 Å². The van der Waals surface area contributed by atoms with Crippen molar-refractivity contribution < 1.29 is 17.6 Å². The first-order valence-electron chi connectivity index (χ1n) is 11.5. The van der Waals surface area contributed by atoms with E-state index >= 15 is 0 Å². The number of nitrogens with zero attached hydrogens (tertiary/aromatic N) is 4. The van der Waals surface area contributed by atoms with Crippen LogP contribution in [0, 0.1) is 5.82 Å². The van der Waals surface area contributed by atoms with E-state index in [0.717, 1.165) is 34.0 Å². The Morgan fingerprint density at radius 1 is 1.06 bits per heavy atom. The fourth-order valence-electron chi connectivity index (χ4n) is 4.25. The topological polar surface area (TPSA) is 123 Å². The molecule has 1 fully saturated rings. The molecule has 1 saturated heterocycles. The Morgan fingerprint density at radius 3 is 2.56 bits per heavy atom. The molecule has 0 atom stereocenters. The lowest BCUT2D eigenvalue weighted by Gasteiger charge is -2.29. The number of piperidine rings is 1. The molecule has 1 aliphatic rings. The second kappa shape index (κ2) is 9.41. The Balaban J connectivity index is 1.40. The Kier molecular flexibility index (Phi) is 6.29. The zero-order chi connectivity index (χ0) is 25.4. The average molecular weight is 509 g/mol. The number of pyridine rings is 1. The predicted octanol–water partition coefficient (Wildman–Crippen LogP) is 3.14. The number of aryl methyl sites for hydroxylation is 1. The van der Waals surface area contributed by atoms with Crippen LogP contribution in [-0.4, -0.2) is 52.5 Å². The maximum absolute atomic E-state index is 14.6. The molecule has 5 rings (SSSR count). The van der Waals surface area contributed by atoms with Gasteiger partial charge >= 0.3 is 0 Å². The summed E-state index contributed by atoms with van der Waals surface area (Å²) >= 11 is 0. The number of carbonyl (C=O) groups excluding carboxylic acids is 1. The van der Waals surface area contributed by atoms with Crippen molar-refractivity contribution >= 4 is 32.5 Å². The minimum absolute atomic E-state index is 0.00898. The third-order valence-corrected chi connectivity index (χ3v) is 8.22. The van der Waals surface area contributed by atoms with Gasteiger partial charge in [0, 0.05) is 55.1 Å². The molecule has 11 heteroatoms. The SMILES string of the molecule is Cn1cc(-c2ccc3cnc(NC(=O)c4ccc(F)c(S(=O)(=O)N5CCC(N)CC5)c4)cc3c2)cn1. The molecule has 0 unspecified atom stereocenters. The van der Waals surface area contributed by atoms with Gasteiger partial charge in [-0.3, -0.25) is 9.48 Å². The van der Waals surface area contributed by atoms with E-state index in [1.54, 1.807) is 23.1 Å². The second-order valence-electron chi connectivity index (χ2n) is 8.87. The molecular formula is C25H25FN6O3S. The number of anilines is 1. The lowest BCUT2D eigenvalue weighted by Crippen LogP contribution is -2.43. The van der Waals surface area contributed by atoms with Gasteiger partial charge in [0.05, 0.1) is 6.20 Å². The Morgan fingerprint density at radius 2 is 1.83 bits per heavy atom. The van der Waals surface area contributed by atoms with Gasteiger partial charge in [-0.2, -0.15) is 9.40 Å². The molecule has 0 bridgehead atoms. The van der Waals surface area contributed by atoms with Crippen molar-refractivity contribution in [3.05, 3.63) is 72.4 Å². The van der Waals surface area contributed by atoms with E-state index in [1.807, 2.05) is 31.4 Å². The predicted molar refractivity (Wildman–Crippen MR) is 134 cm³/mol. The number of fused-ring (bicyclic) bond motifs is 1. The normalized spacial score (nSPS) is 15.3. The smallest absolute Gasteiger partial charge is 0.256 e. The lowest BCUT2D eigenvalue weighted by atomic mass is 10.1. The van der Waals surface area contributed by atoms with Crippen LogP contribution in [0.1, 0.15) is 23.2 Å². The van der Waals surface area contributed by atoms with Crippen LogP contribution in [0.4, 0.5) is 10.2 Å². The molecule has 2 aromatic carbocycles. The molecule has 2 aromatic heterocycles. The Labute approximate surface area is 207 Å². The van der Waals surface area contributed by atoms with Gasteiger partial charge in [0.2, 0.25) is 10.0 Å². The fourth-order valence-corrected chi connectivity index (χ4v) is 5.81. The van der Waals surface area contributed by atoms with E-state index in [-0.39, 0.29) is 30.5 Å². The molecule has 186 valence electrons. The second-order valence-corrected chi connectivity index (χ2v) is 10.8. The van der Waals surface area contributed by atoms with Crippen molar-refractivity contribution in [3.8, 4) is 11.1 Å². The van der Waals surface area contributed by atoms with Crippen LogP contribution in [0.5, 0.6) is 0 Å². The highest BCUT2D eigenvalue weighted by Crippen LogP contribution is 2.26. The van der Waals surface area contributed by atoms with Crippen molar-refractivity contribution in [1.82, 2.24) is 19.1 Å². The average Bonchev–Trinajstić information content (AvgIpc) is 3.30. The molecule has 1 amide bonds. The van der Waals surface area contributed by atoms with Gasteiger partial charge in [-0.25, -0.2) is 17.8 Å². The molecular weight excluding hydrogens is 483 g/mol. The number of benzene rings is 2. The third-order valence-electron chi connectivity index (χ3n) is 6.31. The van der Waals surface area contributed by atoms with Crippen LogP contribution in [-0.2, 0) is 17.1 Å². The number of carbonyl (C=O) groups is 1. The number of amides is 1. The van der Waals surface area contributed by atoms with E-state index in [4.69, 9.17) is 5.73 Å². The van der Waals surface area contributed by atoms with Gasteiger partial charge in [0.1, 0.15) is 16.5 Å². The molecule has 0 spiro atoms. The van der Waals surface area contributed by atoms with Gasteiger partial charge < -0.3 is 11.1 Å². The van der Waals surface area contributed by atoms with Crippen LogP contribution < -0.4 is 11.1 Å². The van der Waals surface area contributed by atoms with Crippen molar-refractivity contribution in [2.75, 3.05) is 18.4 Å². The first-order chi connectivity index (χ1) is 17.2. The summed E-state index contributed by atoms with van der Waals surface area (Å²) in [5, 5.41) is 8.62. The highest BCUT2D eigenvalue weighted by Gasteiger charge is 2.31. The van der Waals surface area contributed by atoms with Gasteiger partial charge in [0.25, 0.3) is 5.91 Å². The van der Waals surface area contributed by atoms with Crippen LogP contribution in [0.25, 0.3) is 21.9 Å². The summed E-state index contributed by atoms with van der Waals surface area (Å²) in [4.78, 5) is 16.7. The Bertz CT molecular complexity index is 1560.